The number of halogens is 1. The lowest BCUT2D eigenvalue weighted by Gasteiger charge is -2.10. The summed E-state index contributed by atoms with van der Waals surface area (Å²) in [6, 6.07) is 16.1. The number of rotatable bonds is 4. The fourth-order valence-electron chi connectivity index (χ4n) is 3.06. The van der Waals surface area contributed by atoms with Gasteiger partial charge in [-0.2, -0.15) is 0 Å². The van der Waals surface area contributed by atoms with Crippen LogP contribution in [-0.2, 0) is 6.54 Å². The molecule has 0 saturated heterocycles. The van der Waals surface area contributed by atoms with Crippen molar-refractivity contribution in [3.05, 3.63) is 76.9 Å². The zero-order valence-electron chi connectivity index (χ0n) is 14.6. The fraction of sp³-hybridized carbons (Fsp3) is 0.0952. The molecule has 0 fully saturated rings. The smallest absolute Gasteiger partial charge is 0.139 e. The molecule has 2 aromatic heterocycles. The predicted octanol–water partition coefficient (Wildman–Crippen LogP) is 4.99. The minimum atomic E-state index is -0.0269. The highest BCUT2D eigenvalue weighted by atomic mass is 35.5. The molecular weight excluding hydrogens is 362 g/mol. The van der Waals surface area contributed by atoms with Gasteiger partial charge < -0.3 is 15.5 Å². The highest BCUT2D eigenvalue weighted by molar-refractivity contribution is 6.30. The molecule has 27 heavy (non-hydrogen) atoms. The third kappa shape index (κ3) is 3.41. The quantitative estimate of drug-likeness (QED) is 0.467. The van der Waals surface area contributed by atoms with Crippen molar-refractivity contribution < 1.29 is 10.2 Å². The molecule has 0 radical (unpaired) electrons. The number of imidazole rings is 1. The van der Waals surface area contributed by atoms with E-state index in [0.717, 1.165) is 22.6 Å². The molecule has 0 spiro atoms. The minimum absolute atomic E-state index is 0.00398. The van der Waals surface area contributed by atoms with E-state index >= 15 is 0 Å². The van der Waals surface area contributed by atoms with Crippen molar-refractivity contribution in [2.45, 2.75) is 13.5 Å². The largest absolute Gasteiger partial charge is 0.508 e. The van der Waals surface area contributed by atoms with Gasteiger partial charge in [0.25, 0.3) is 0 Å². The van der Waals surface area contributed by atoms with Crippen LogP contribution in [0.25, 0.3) is 16.9 Å². The SMILES string of the molecule is Cc1ccn2c(NCc3cccc(Cl)c3)c(-c3ccc(O)cc3O)nc2c1. The maximum atomic E-state index is 10.3. The van der Waals surface area contributed by atoms with Crippen LogP contribution in [0.15, 0.2) is 60.8 Å². The molecule has 136 valence electrons. The number of nitrogens with one attached hydrogen (secondary N) is 1. The maximum absolute atomic E-state index is 10.3. The van der Waals surface area contributed by atoms with Gasteiger partial charge in [0.1, 0.15) is 28.7 Å². The number of phenolic OH excluding ortho intramolecular Hbond substituents is 2. The van der Waals surface area contributed by atoms with Gasteiger partial charge in [-0.05, 0) is 54.4 Å². The lowest BCUT2D eigenvalue weighted by Crippen LogP contribution is -2.03. The zero-order valence-corrected chi connectivity index (χ0v) is 15.4. The molecule has 0 aliphatic carbocycles. The van der Waals surface area contributed by atoms with E-state index < -0.39 is 0 Å². The van der Waals surface area contributed by atoms with E-state index in [0.29, 0.717) is 22.8 Å². The average Bonchev–Trinajstić information content (AvgIpc) is 2.97. The Kier molecular flexibility index (Phi) is 4.38. The second-order valence-electron chi connectivity index (χ2n) is 6.43. The van der Waals surface area contributed by atoms with Crippen LogP contribution in [-0.4, -0.2) is 19.6 Å². The van der Waals surface area contributed by atoms with Crippen LogP contribution < -0.4 is 5.32 Å². The first-order valence-corrected chi connectivity index (χ1v) is 8.88. The van der Waals surface area contributed by atoms with Crippen molar-refractivity contribution >= 4 is 23.1 Å². The van der Waals surface area contributed by atoms with Gasteiger partial charge in [-0.25, -0.2) is 4.98 Å². The number of nitrogens with zero attached hydrogens (tertiary/aromatic N) is 2. The maximum Gasteiger partial charge on any atom is 0.139 e. The molecule has 6 heteroatoms. The van der Waals surface area contributed by atoms with Crippen LogP contribution in [0.2, 0.25) is 5.02 Å². The van der Waals surface area contributed by atoms with Gasteiger partial charge in [0.15, 0.2) is 0 Å². The highest BCUT2D eigenvalue weighted by Gasteiger charge is 2.17. The summed E-state index contributed by atoms with van der Waals surface area (Å²) in [5.41, 5.74) is 4.05. The molecular formula is C21H18ClN3O2. The number of anilines is 1. The molecule has 0 atom stereocenters. The summed E-state index contributed by atoms with van der Waals surface area (Å²) in [6.07, 6.45) is 1.94. The number of phenols is 2. The Balaban J connectivity index is 1.81. The zero-order chi connectivity index (χ0) is 19.0. The van der Waals surface area contributed by atoms with Crippen molar-refractivity contribution in [2.75, 3.05) is 5.32 Å². The molecule has 4 rings (SSSR count). The van der Waals surface area contributed by atoms with Crippen LogP contribution >= 0.6 is 11.6 Å². The van der Waals surface area contributed by atoms with Crippen molar-refractivity contribution in [1.29, 1.82) is 0 Å². The summed E-state index contributed by atoms with van der Waals surface area (Å²) >= 11 is 6.08. The van der Waals surface area contributed by atoms with Crippen molar-refractivity contribution in [3.63, 3.8) is 0 Å². The summed E-state index contributed by atoms with van der Waals surface area (Å²) in [5.74, 6) is 0.733. The highest BCUT2D eigenvalue weighted by Crippen LogP contribution is 2.36. The molecule has 0 bridgehead atoms. The van der Waals surface area contributed by atoms with Crippen LogP contribution in [0.1, 0.15) is 11.1 Å². The summed E-state index contributed by atoms with van der Waals surface area (Å²) in [4.78, 5) is 4.70. The van der Waals surface area contributed by atoms with Crippen LogP contribution in [0, 0.1) is 6.92 Å². The molecule has 4 aromatic rings. The minimum Gasteiger partial charge on any atom is -0.508 e. The first kappa shape index (κ1) is 17.2. The van der Waals surface area contributed by atoms with E-state index in [1.54, 1.807) is 6.07 Å². The van der Waals surface area contributed by atoms with E-state index in [9.17, 15) is 10.2 Å². The molecule has 0 aliphatic heterocycles. The number of pyridine rings is 1. The Labute approximate surface area is 161 Å². The molecule has 0 amide bonds. The normalized spacial score (nSPS) is 11.0. The van der Waals surface area contributed by atoms with Gasteiger partial charge in [-0.1, -0.05) is 23.7 Å². The van der Waals surface area contributed by atoms with Gasteiger partial charge >= 0.3 is 0 Å². The number of aromatic hydroxyl groups is 2. The summed E-state index contributed by atoms with van der Waals surface area (Å²) in [6.45, 7) is 2.56. The lowest BCUT2D eigenvalue weighted by molar-refractivity contribution is 0.452. The van der Waals surface area contributed by atoms with Crippen molar-refractivity contribution in [3.8, 4) is 22.8 Å². The van der Waals surface area contributed by atoms with E-state index in [1.807, 2.05) is 53.9 Å². The first-order valence-electron chi connectivity index (χ1n) is 8.50. The Bertz CT molecular complexity index is 1140. The van der Waals surface area contributed by atoms with Crippen LogP contribution in [0.3, 0.4) is 0 Å². The third-order valence-corrected chi connectivity index (χ3v) is 4.60. The van der Waals surface area contributed by atoms with E-state index in [4.69, 9.17) is 16.6 Å². The van der Waals surface area contributed by atoms with Gasteiger partial charge in [0.2, 0.25) is 0 Å². The Morgan fingerprint density at radius 2 is 1.93 bits per heavy atom. The van der Waals surface area contributed by atoms with Gasteiger partial charge in [0, 0.05) is 29.4 Å². The topological polar surface area (TPSA) is 69.8 Å². The third-order valence-electron chi connectivity index (χ3n) is 4.37. The molecule has 5 nitrogen and oxygen atoms in total. The molecule has 2 aromatic carbocycles. The van der Waals surface area contributed by atoms with Gasteiger partial charge in [-0.15, -0.1) is 0 Å². The number of aryl methyl sites for hydroxylation is 1. The number of aromatic nitrogens is 2. The monoisotopic (exact) mass is 379 g/mol. The number of benzene rings is 2. The first-order chi connectivity index (χ1) is 13.0. The molecule has 3 N–H and O–H groups in total. The Morgan fingerprint density at radius 3 is 2.70 bits per heavy atom. The Morgan fingerprint density at radius 1 is 1.07 bits per heavy atom. The molecule has 0 unspecified atom stereocenters. The molecule has 0 aliphatic rings. The summed E-state index contributed by atoms with van der Waals surface area (Å²) in [5, 5.41) is 24.0. The average molecular weight is 380 g/mol. The number of hydrogen-bond donors (Lipinski definition) is 3. The molecule has 0 saturated carbocycles. The second-order valence-corrected chi connectivity index (χ2v) is 6.86. The van der Waals surface area contributed by atoms with E-state index in [1.165, 1.54) is 12.1 Å². The second kappa shape index (κ2) is 6.85. The Hall–Kier alpha value is -3.18. The van der Waals surface area contributed by atoms with Crippen LogP contribution in [0.4, 0.5) is 5.82 Å². The molecule has 2 heterocycles. The van der Waals surface area contributed by atoms with Gasteiger partial charge in [0.05, 0.1) is 0 Å². The predicted molar refractivity (Wildman–Crippen MR) is 107 cm³/mol. The van der Waals surface area contributed by atoms with Crippen molar-refractivity contribution in [2.24, 2.45) is 0 Å². The number of fused-ring (bicyclic) bond motifs is 1. The fourth-order valence-corrected chi connectivity index (χ4v) is 3.27. The number of hydrogen-bond acceptors (Lipinski definition) is 4. The van der Waals surface area contributed by atoms with Crippen molar-refractivity contribution in [1.82, 2.24) is 9.38 Å². The lowest BCUT2D eigenvalue weighted by atomic mass is 10.1. The van der Waals surface area contributed by atoms with Gasteiger partial charge in [-0.3, -0.25) is 4.40 Å². The summed E-state index contributed by atoms with van der Waals surface area (Å²) in [7, 11) is 0. The summed E-state index contributed by atoms with van der Waals surface area (Å²) < 4.78 is 1.94. The standard InChI is InChI=1S/C21H18ClN3O2/c1-13-7-8-25-19(9-13)24-20(17-6-5-16(26)11-18(17)27)21(25)23-12-14-3-2-4-15(22)10-14/h2-11,23,26-27H,12H2,1H3. The van der Waals surface area contributed by atoms with Crippen LogP contribution in [0.5, 0.6) is 11.5 Å². The van der Waals surface area contributed by atoms with E-state index in [2.05, 4.69) is 5.32 Å². The van der Waals surface area contributed by atoms with E-state index in [-0.39, 0.29) is 11.5 Å².